The second-order valence-electron chi connectivity index (χ2n) is 2.91. The first-order valence-electron chi connectivity index (χ1n) is 4.09. The van der Waals surface area contributed by atoms with Crippen LogP contribution in [0.1, 0.15) is 6.92 Å². The Kier molecular flexibility index (Phi) is 4.59. The summed E-state index contributed by atoms with van der Waals surface area (Å²) in [6, 6.07) is 5.38. The normalized spacial score (nSPS) is 11.6. The number of para-hydroxylation sites is 1. The summed E-state index contributed by atoms with van der Waals surface area (Å²) < 4.78 is 0. The third kappa shape index (κ3) is 3.09. The van der Waals surface area contributed by atoms with E-state index in [1.54, 1.807) is 18.2 Å². The standard InChI is InChI=1S/C10H10Cl3N/c1-7(5-11)6-14-10-8(12)3-2-4-9(10)13/h2-5,14H,6H2,1H3/b7-5-. The summed E-state index contributed by atoms with van der Waals surface area (Å²) in [6.45, 7) is 2.55. The summed E-state index contributed by atoms with van der Waals surface area (Å²) >= 11 is 17.4. The fourth-order valence-electron chi connectivity index (χ4n) is 0.933. The third-order valence-corrected chi connectivity index (χ3v) is 2.70. The van der Waals surface area contributed by atoms with Gasteiger partial charge in [-0.25, -0.2) is 0 Å². The molecule has 76 valence electrons. The molecule has 4 heteroatoms. The maximum absolute atomic E-state index is 5.96. The maximum atomic E-state index is 5.96. The summed E-state index contributed by atoms with van der Waals surface area (Å²) in [5.74, 6) is 0. The molecule has 0 radical (unpaired) electrons. The van der Waals surface area contributed by atoms with E-state index >= 15 is 0 Å². The van der Waals surface area contributed by atoms with Crippen molar-refractivity contribution in [2.45, 2.75) is 6.92 Å². The molecule has 1 aromatic rings. The smallest absolute Gasteiger partial charge is 0.0721 e. The summed E-state index contributed by atoms with van der Waals surface area (Å²) in [5.41, 5.74) is 3.29. The van der Waals surface area contributed by atoms with Gasteiger partial charge in [-0.15, -0.1) is 0 Å². The summed E-state index contributed by atoms with van der Waals surface area (Å²) in [6.07, 6.45) is 0. The van der Waals surface area contributed by atoms with Crippen molar-refractivity contribution >= 4 is 40.5 Å². The Bertz CT molecular complexity index is 327. The zero-order valence-electron chi connectivity index (χ0n) is 7.65. The Morgan fingerprint density at radius 2 is 1.93 bits per heavy atom. The fourth-order valence-corrected chi connectivity index (χ4v) is 1.54. The van der Waals surface area contributed by atoms with Crippen LogP contribution in [0.25, 0.3) is 0 Å². The lowest BCUT2D eigenvalue weighted by Gasteiger charge is -2.09. The van der Waals surface area contributed by atoms with E-state index in [-0.39, 0.29) is 0 Å². The summed E-state index contributed by atoms with van der Waals surface area (Å²) in [7, 11) is 0. The first-order valence-corrected chi connectivity index (χ1v) is 5.28. The molecule has 0 bridgehead atoms. The van der Waals surface area contributed by atoms with Gasteiger partial charge in [-0.05, 0) is 24.6 Å². The van der Waals surface area contributed by atoms with Crippen LogP contribution < -0.4 is 5.32 Å². The van der Waals surface area contributed by atoms with Crippen LogP contribution in [-0.2, 0) is 0 Å². The van der Waals surface area contributed by atoms with Crippen LogP contribution in [0.5, 0.6) is 0 Å². The van der Waals surface area contributed by atoms with Gasteiger partial charge in [-0.3, -0.25) is 0 Å². The minimum Gasteiger partial charge on any atom is -0.379 e. The molecule has 0 aliphatic heterocycles. The number of benzene rings is 1. The maximum Gasteiger partial charge on any atom is 0.0721 e. The van der Waals surface area contributed by atoms with Crippen molar-refractivity contribution in [3.8, 4) is 0 Å². The van der Waals surface area contributed by atoms with Crippen molar-refractivity contribution in [3.05, 3.63) is 39.4 Å². The van der Waals surface area contributed by atoms with E-state index in [9.17, 15) is 0 Å². The molecule has 1 aromatic carbocycles. The van der Waals surface area contributed by atoms with Gasteiger partial charge in [0, 0.05) is 12.1 Å². The molecule has 14 heavy (non-hydrogen) atoms. The molecule has 0 aliphatic rings. The first kappa shape index (κ1) is 11.7. The van der Waals surface area contributed by atoms with Crippen LogP contribution in [0.15, 0.2) is 29.3 Å². The van der Waals surface area contributed by atoms with E-state index in [2.05, 4.69) is 5.32 Å². The average molecular weight is 251 g/mol. The van der Waals surface area contributed by atoms with E-state index in [0.29, 0.717) is 16.6 Å². The van der Waals surface area contributed by atoms with E-state index in [0.717, 1.165) is 11.3 Å². The van der Waals surface area contributed by atoms with Gasteiger partial charge in [-0.1, -0.05) is 40.9 Å². The van der Waals surface area contributed by atoms with Crippen molar-refractivity contribution in [3.63, 3.8) is 0 Å². The highest BCUT2D eigenvalue weighted by atomic mass is 35.5. The molecular weight excluding hydrogens is 240 g/mol. The van der Waals surface area contributed by atoms with Gasteiger partial charge in [0.2, 0.25) is 0 Å². The lowest BCUT2D eigenvalue weighted by atomic mass is 10.3. The molecule has 1 rings (SSSR count). The lowest BCUT2D eigenvalue weighted by Crippen LogP contribution is -2.03. The Hall–Kier alpha value is -0.370. The minimum absolute atomic E-state index is 0.611. The molecule has 0 unspecified atom stereocenters. The van der Waals surface area contributed by atoms with Gasteiger partial charge < -0.3 is 5.32 Å². The molecule has 0 aliphatic carbocycles. The molecule has 1 nitrogen and oxygen atoms in total. The van der Waals surface area contributed by atoms with Gasteiger partial charge in [0.1, 0.15) is 0 Å². The van der Waals surface area contributed by atoms with Crippen LogP contribution in [-0.4, -0.2) is 6.54 Å². The molecule has 0 saturated carbocycles. The van der Waals surface area contributed by atoms with E-state index < -0.39 is 0 Å². The molecule has 1 N–H and O–H groups in total. The van der Waals surface area contributed by atoms with Crippen LogP contribution in [0.3, 0.4) is 0 Å². The van der Waals surface area contributed by atoms with Crippen molar-refractivity contribution in [1.82, 2.24) is 0 Å². The van der Waals surface area contributed by atoms with E-state index in [4.69, 9.17) is 34.8 Å². The zero-order chi connectivity index (χ0) is 10.6. The van der Waals surface area contributed by atoms with Crippen molar-refractivity contribution in [1.29, 1.82) is 0 Å². The van der Waals surface area contributed by atoms with Gasteiger partial charge in [0.25, 0.3) is 0 Å². The van der Waals surface area contributed by atoms with Crippen LogP contribution in [0, 0.1) is 0 Å². The Balaban J connectivity index is 2.76. The number of nitrogens with one attached hydrogen (secondary N) is 1. The Labute approximate surface area is 98.7 Å². The largest absolute Gasteiger partial charge is 0.379 e. The highest BCUT2D eigenvalue weighted by Gasteiger charge is 2.03. The van der Waals surface area contributed by atoms with Crippen molar-refractivity contribution in [2.75, 3.05) is 11.9 Å². The summed E-state index contributed by atoms with van der Waals surface area (Å²) in [5, 5.41) is 4.34. The van der Waals surface area contributed by atoms with Crippen molar-refractivity contribution < 1.29 is 0 Å². The zero-order valence-corrected chi connectivity index (χ0v) is 9.92. The monoisotopic (exact) mass is 249 g/mol. The highest BCUT2D eigenvalue weighted by molar-refractivity contribution is 6.39. The van der Waals surface area contributed by atoms with Gasteiger partial charge in [-0.2, -0.15) is 0 Å². The fraction of sp³-hybridized carbons (Fsp3) is 0.200. The average Bonchev–Trinajstić information content (AvgIpc) is 2.16. The Morgan fingerprint density at radius 3 is 2.43 bits per heavy atom. The molecule has 0 atom stereocenters. The van der Waals surface area contributed by atoms with E-state index in [1.807, 2.05) is 6.92 Å². The van der Waals surface area contributed by atoms with Gasteiger partial charge in [0.15, 0.2) is 0 Å². The highest BCUT2D eigenvalue weighted by Crippen LogP contribution is 2.29. The molecule has 0 heterocycles. The number of hydrogen-bond donors (Lipinski definition) is 1. The molecule has 0 aromatic heterocycles. The minimum atomic E-state index is 0.611. The SMILES string of the molecule is C/C(=C/Cl)CNc1c(Cl)cccc1Cl. The van der Waals surface area contributed by atoms with Gasteiger partial charge >= 0.3 is 0 Å². The second-order valence-corrected chi connectivity index (χ2v) is 3.94. The predicted octanol–water partition coefficient (Wildman–Crippen LogP) is 4.55. The molecule has 0 spiro atoms. The van der Waals surface area contributed by atoms with Crippen LogP contribution >= 0.6 is 34.8 Å². The predicted molar refractivity (Wildman–Crippen MR) is 64.6 cm³/mol. The number of hydrogen-bond acceptors (Lipinski definition) is 1. The quantitative estimate of drug-likeness (QED) is 0.830. The second kappa shape index (κ2) is 5.50. The molecule has 0 saturated heterocycles. The van der Waals surface area contributed by atoms with Crippen LogP contribution in [0.4, 0.5) is 5.69 Å². The van der Waals surface area contributed by atoms with Crippen LogP contribution in [0.2, 0.25) is 10.0 Å². The molecular formula is C10H10Cl3N. The molecule has 0 amide bonds. The third-order valence-electron chi connectivity index (χ3n) is 1.69. The topological polar surface area (TPSA) is 12.0 Å². The summed E-state index contributed by atoms with van der Waals surface area (Å²) in [4.78, 5) is 0. The number of anilines is 1. The van der Waals surface area contributed by atoms with Gasteiger partial charge in [0.05, 0.1) is 15.7 Å². The number of halogens is 3. The molecule has 0 fully saturated rings. The lowest BCUT2D eigenvalue weighted by molar-refractivity contribution is 1.21. The first-order chi connectivity index (χ1) is 6.65. The number of rotatable bonds is 3. The van der Waals surface area contributed by atoms with E-state index in [1.165, 1.54) is 5.54 Å². The van der Waals surface area contributed by atoms with Crippen molar-refractivity contribution in [2.24, 2.45) is 0 Å². The Morgan fingerprint density at radius 1 is 1.36 bits per heavy atom.